The number of ether oxygens (including phenoxy) is 1. The van der Waals surface area contributed by atoms with Gasteiger partial charge in [-0.05, 0) is 42.9 Å². The van der Waals surface area contributed by atoms with Crippen LogP contribution in [-0.2, 0) is 22.7 Å². The van der Waals surface area contributed by atoms with Crippen LogP contribution >= 0.6 is 0 Å². The molecule has 2 aliphatic heterocycles. The number of sulfonamides is 1. The molecule has 2 aliphatic rings. The molecule has 1 fully saturated rings. The lowest BCUT2D eigenvalue weighted by Crippen LogP contribution is -2.38. The van der Waals surface area contributed by atoms with Crippen molar-refractivity contribution in [3.05, 3.63) is 35.3 Å². The lowest BCUT2D eigenvalue weighted by molar-refractivity contribution is -0.141. The number of rotatable bonds is 3. The predicted molar refractivity (Wildman–Crippen MR) is 97.0 cm³/mol. The number of fused-ring (bicyclic) bond motifs is 1. The van der Waals surface area contributed by atoms with E-state index < -0.39 is 21.9 Å². The molecule has 4 rings (SSSR count). The zero-order valence-corrected chi connectivity index (χ0v) is 16.6. The highest BCUT2D eigenvalue weighted by molar-refractivity contribution is 7.89. The minimum Gasteiger partial charge on any atom is -0.477 e. The molecular formula is C18H21F3N4O3S. The fraction of sp³-hybridized carbons (Fsp3) is 0.556. The van der Waals surface area contributed by atoms with E-state index in [-0.39, 0.29) is 29.8 Å². The maximum atomic E-state index is 13.0. The van der Waals surface area contributed by atoms with E-state index in [1.807, 2.05) is 0 Å². The molecule has 158 valence electrons. The summed E-state index contributed by atoms with van der Waals surface area (Å²) in [5, 5.41) is 4.11. The minimum atomic E-state index is -4.48. The first-order chi connectivity index (χ1) is 13.7. The van der Waals surface area contributed by atoms with Crippen molar-refractivity contribution in [1.82, 2.24) is 19.1 Å². The third-order valence-electron chi connectivity index (χ3n) is 5.47. The van der Waals surface area contributed by atoms with E-state index in [0.717, 1.165) is 18.1 Å². The minimum absolute atomic E-state index is 0.0337. The van der Waals surface area contributed by atoms with E-state index in [9.17, 15) is 21.6 Å². The molecule has 2 aromatic heterocycles. The standard InChI is InChI=1S/C18H21F3N4O3S/c1-12-9-16(18(19,20)21)22-10-14(12)13-3-6-24(7-4-13)29(26,27)15-11-23-25-5-2-8-28-17(15)25/h9-11,13H,2-8H2,1H3. The van der Waals surface area contributed by atoms with Gasteiger partial charge in [-0.25, -0.2) is 13.1 Å². The number of aryl methyl sites for hydroxylation is 2. The molecule has 0 unspecified atom stereocenters. The van der Waals surface area contributed by atoms with Gasteiger partial charge in [-0.2, -0.15) is 22.6 Å². The number of halogens is 3. The zero-order valence-electron chi connectivity index (χ0n) is 15.8. The van der Waals surface area contributed by atoms with Gasteiger partial charge in [0.25, 0.3) is 0 Å². The first-order valence-electron chi connectivity index (χ1n) is 9.40. The van der Waals surface area contributed by atoms with Crippen LogP contribution in [0.2, 0.25) is 0 Å². The monoisotopic (exact) mass is 430 g/mol. The second kappa shape index (κ2) is 7.28. The summed E-state index contributed by atoms with van der Waals surface area (Å²) in [7, 11) is -3.74. The second-order valence-electron chi connectivity index (χ2n) is 7.34. The quantitative estimate of drug-likeness (QED) is 0.748. The smallest absolute Gasteiger partial charge is 0.433 e. The van der Waals surface area contributed by atoms with Gasteiger partial charge in [-0.3, -0.25) is 4.98 Å². The van der Waals surface area contributed by atoms with E-state index in [1.165, 1.54) is 16.7 Å². The van der Waals surface area contributed by atoms with Crippen LogP contribution < -0.4 is 4.74 Å². The number of aromatic nitrogens is 3. The van der Waals surface area contributed by atoms with Gasteiger partial charge >= 0.3 is 6.18 Å². The number of nitrogens with zero attached hydrogens (tertiary/aromatic N) is 4. The Morgan fingerprint density at radius 1 is 1.17 bits per heavy atom. The van der Waals surface area contributed by atoms with E-state index in [2.05, 4.69) is 10.1 Å². The van der Waals surface area contributed by atoms with Crippen molar-refractivity contribution in [2.24, 2.45) is 0 Å². The molecular weight excluding hydrogens is 409 g/mol. The van der Waals surface area contributed by atoms with Crippen molar-refractivity contribution in [2.75, 3.05) is 19.7 Å². The molecule has 11 heteroatoms. The summed E-state index contributed by atoms with van der Waals surface area (Å²) in [6, 6.07) is 1.05. The van der Waals surface area contributed by atoms with Gasteiger partial charge in [-0.15, -0.1) is 0 Å². The van der Waals surface area contributed by atoms with Crippen molar-refractivity contribution in [1.29, 1.82) is 0 Å². The van der Waals surface area contributed by atoms with Gasteiger partial charge in [0.15, 0.2) is 4.90 Å². The molecule has 0 amide bonds. The molecule has 2 aromatic rings. The average Bonchev–Trinajstić information content (AvgIpc) is 3.12. The van der Waals surface area contributed by atoms with Gasteiger partial charge in [-0.1, -0.05) is 0 Å². The Morgan fingerprint density at radius 3 is 2.55 bits per heavy atom. The van der Waals surface area contributed by atoms with Gasteiger partial charge in [0.05, 0.1) is 12.8 Å². The van der Waals surface area contributed by atoms with Crippen LogP contribution in [0.1, 0.15) is 42.0 Å². The summed E-state index contributed by atoms with van der Waals surface area (Å²) in [6.07, 6.45) is -0.0799. The van der Waals surface area contributed by atoms with E-state index in [0.29, 0.717) is 31.6 Å². The Balaban J connectivity index is 1.49. The molecule has 7 nitrogen and oxygen atoms in total. The van der Waals surface area contributed by atoms with Crippen LogP contribution in [0.15, 0.2) is 23.4 Å². The van der Waals surface area contributed by atoms with E-state index >= 15 is 0 Å². The lowest BCUT2D eigenvalue weighted by Gasteiger charge is -2.32. The highest BCUT2D eigenvalue weighted by Gasteiger charge is 2.36. The number of alkyl halides is 3. The van der Waals surface area contributed by atoms with Crippen molar-refractivity contribution in [3.8, 4) is 5.88 Å². The summed E-state index contributed by atoms with van der Waals surface area (Å²) >= 11 is 0. The normalized spacial score (nSPS) is 19.0. The largest absolute Gasteiger partial charge is 0.477 e. The molecule has 0 bridgehead atoms. The fourth-order valence-electron chi connectivity index (χ4n) is 3.92. The lowest BCUT2D eigenvalue weighted by atomic mass is 9.88. The van der Waals surface area contributed by atoms with Crippen LogP contribution in [-0.4, -0.2) is 47.2 Å². The molecule has 0 aliphatic carbocycles. The Bertz CT molecular complexity index is 1010. The maximum Gasteiger partial charge on any atom is 0.433 e. The number of pyridine rings is 1. The fourth-order valence-corrected chi connectivity index (χ4v) is 5.45. The Morgan fingerprint density at radius 2 is 1.90 bits per heavy atom. The third kappa shape index (κ3) is 3.73. The third-order valence-corrected chi connectivity index (χ3v) is 7.35. The molecule has 1 saturated heterocycles. The Labute approximate surface area is 166 Å². The van der Waals surface area contributed by atoms with Crippen molar-refractivity contribution >= 4 is 10.0 Å². The van der Waals surface area contributed by atoms with Gasteiger partial charge < -0.3 is 4.74 Å². The Kier molecular flexibility index (Phi) is 5.06. The highest BCUT2D eigenvalue weighted by atomic mass is 32.2. The molecule has 0 aromatic carbocycles. The van der Waals surface area contributed by atoms with Crippen LogP contribution in [0.4, 0.5) is 13.2 Å². The number of piperidine rings is 1. The SMILES string of the molecule is Cc1cc(C(F)(F)F)ncc1C1CCN(S(=O)(=O)c2cnn3c2OCCC3)CC1. The van der Waals surface area contributed by atoms with Crippen LogP contribution in [0.5, 0.6) is 5.88 Å². The molecule has 0 saturated carbocycles. The summed E-state index contributed by atoms with van der Waals surface area (Å²) in [4.78, 5) is 3.63. The first kappa shape index (κ1) is 20.1. The molecule has 0 radical (unpaired) electrons. The average molecular weight is 430 g/mol. The maximum absolute atomic E-state index is 13.0. The van der Waals surface area contributed by atoms with Crippen LogP contribution in [0.3, 0.4) is 0 Å². The van der Waals surface area contributed by atoms with Gasteiger partial charge in [0.2, 0.25) is 15.9 Å². The second-order valence-corrected chi connectivity index (χ2v) is 9.25. The van der Waals surface area contributed by atoms with Crippen molar-refractivity contribution < 1.29 is 26.3 Å². The summed E-state index contributed by atoms with van der Waals surface area (Å²) in [5.41, 5.74) is 0.346. The van der Waals surface area contributed by atoms with Gasteiger partial charge in [0, 0.05) is 32.3 Å². The summed E-state index contributed by atoms with van der Waals surface area (Å²) in [5.74, 6) is 0.245. The topological polar surface area (TPSA) is 77.3 Å². The first-order valence-corrected chi connectivity index (χ1v) is 10.8. The Hall–Kier alpha value is -2.14. The molecule has 4 heterocycles. The molecule has 0 atom stereocenters. The van der Waals surface area contributed by atoms with E-state index in [4.69, 9.17) is 4.74 Å². The highest BCUT2D eigenvalue weighted by Crippen LogP contribution is 2.36. The van der Waals surface area contributed by atoms with E-state index in [1.54, 1.807) is 11.6 Å². The molecule has 29 heavy (non-hydrogen) atoms. The molecule has 0 N–H and O–H groups in total. The van der Waals surface area contributed by atoms with Crippen molar-refractivity contribution in [2.45, 2.75) is 49.7 Å². The zero-order chi connectivity index (χ0) is 20.8. The van der Waals surface area contributed by atoms with Crippen molar-refractivity contribution in [3.63, 3.8) is 0 Å². The van der Waals surface area contributed by atoms with Crippen LogP contribution in [0.25, 0.3) is 0 Å². The summed E-state index contributed by atoms with van der Waals surface area (Å²) in [6.45, 7) is 3.26. The summed E-state index contributed by atoms with van der Waals surface area (Å²) < 4.78 is 73.0. The molecule has 0 spiro atoms. The van der Waals surface area contributed by atoms with Gasteiger partial charge in [0.1, 0.15) is 5.69 Å². The predicted octanol–water partition coefficient (Wildman–Crippen LogP) is 2.96. The number of hydrogen-bond acceptors (Lipinski definition) is 5. The number of hydrogen-bond donors (Lipinski definition) is 0. The van der Waals surface area contributed by atoms with Crippen LogP contribution in [0, 0.1) is 6.92 Å².